The fourth-order valence-electron chi connectivity index (χ4n) is 10.1. The number of aryl methyl sites for hydroxylation is 1. The number of ether oxygens (including phenoxy) is 14. The lowest BCUT2D eigenvalue weighted by molar-refractivity contribution is -0.295. The number of hydrogen-bond acceptors (Lipinski definition) is 22. The maximum Gasteiger partial charge on any atom is 0.508 e. The molecule has 0 aromatic heterocycles. The summed E-state index contributed by atoms with van der Waals surface area (Å²) in [6, 6.07) is 5.81. The van der Waals surface area contributed by atoms with Gasteiger partial charge in [0.05, 0.1) is 37.5 Å². The molecule has 2 bridgehead atoms. The number of phenolic OH excluding ortho intramolecular Hbond substituents is 1. The van der Waals surface area contributed by atoms with Gasteiger partial charge in [-0.25, -0.2) is 9.59 Å². The standard InChI is InChI=1S/C45H45N3O21/c1-18-13-24-30(31(53)29-23(32(24)56-5)9-8-10-26(29)52)33-28(18)34-39-45(58-7,68-33)43(16-61-43)44(67-34,69-39)17-60-42(55)59-15-22-11-12-27(25(14-22)47-48-46)65-41-38(64-21(4)51)36(63-20(3)50)35(62-19(2)49)37(66-41)40(54)57-6/h11-14,34-39,41,53H,8-10,15-17H2,1-7H3/t34-,35-,36-,37-,38+,39+,41+,43+,44+,45+/m0/s1. The van der Waals surface area contributed by atoms with Crippen LogP contribution in [0.25, 0.3) is 21.2 Å². The normalized spacial score (nSPS) is 29.9. The van der Waals surface area contributed by atoms with Gasteiger partial charge in [0, 0.05) is 55.7 Å². The zero-order valence-electron chi connectivity index (χ0n) is 38.0. The number of carbonyl (C=O) groups excluding carboxylic acids is 6. The predicted molar refractivity (Wildman–Crippen MR) is 224 cm³/mol. The SMILES string of the molecule is COC(=O)[C@H]1O[C@@H](Oc2ccc(COC(=O)OC[C@]34O[C@@H]5[C@@H](O3)c3c(C)cc6c(OC)c7c(c(O)c6c3O[C@@]5(OC)[C@@]43CO3)C(=O)CCC7)cc2N=[N+]=[N-])[C@H](OC(C)=O)[C@@H](OC(C)=O)[C@@H]1OC(C)=O. The van der Waals surface area contributed by atoms with Gasteiger partial charge in [-0.2, -0.15) is 0 Å². The molecule has 0 amide bonds. The van der Waals surface area contributed by atoms with E-state index in [0.29, 0.717) is 40.7 Å². The molecule has 1 spiro atoms. The van der Waals surface area contributed by atoms with Crippen LogP contribution in [0.15, 0.2) is 29.4 Å². The molecule has 3 aromatic carbocycles. The fourth-order valence-corrected chi connectivity index (χ4v) is 10.1. The Morgan fingerprint density at radius 2 is 1.65 bits per heavy atom. The summed E-state index contributed by atoms with van der Waals surface area (Å²) in [4.78, 5) is 78.8. The monoisotopic (exact) mass is 963 g/mol. The van der Waals surface area contributed by atoms with Crippen molar-refractivity contribution in [2.24, 2.45) is 5.11 Å². The molecule has 5 heterocycles. The number of methoxy groups -OCH3 is 3. The molecule has 24 nitrogen and oxygen atoms in total. The van der Waals surface area contributed by atoms with E-state index in [1.54, 1.807) is 0 Å². The van der Waals surface area contributed by atoms with Gasteiger partial charge >= 0.3 is 30.0 Å². The van der Waals surface area contributed by atoms with Gasteiger partial charge in [0.25, 0.3) is 5.79 Å². The van der Waals surface area contributed by atoms with E-state index in [-0.39, 0.29) is 58.3 Å². The predicted octanol–water partition coefficient (Wildman–Crippen LogP) is 4.42. The average molecular weight is 964 g/mol. The van der Waals surface area contributed by atoms with Gasteiger partial charge in [0.15, 0.2) is 36.8 Å². The van der Waals surface area contributed by atoms with E-state index in [4.69, 9.17) is 66.3 Å². The van der Waals surface area contributed by atoms with Crippen LogP contribution in [-0.4, -0.2) is 129 Å². The number of esters is 4. The molecular formula is C45H45N3O21. The van der Waals surface area contributed by atoms with Gasteiger partial charge in [-0.3, -0.25) is 19.2 Å². The van der Waals surface area contributed by atoms with E-state index >= 15 is 0 Å². The summed E-state index contributed by atoms with van der Waals surface area (Å²) < 4.78 is 81.7. The van der Waals surface area contributed by atoms with Crippen LogP contribution in [-0.2, 0) is 84.3 Å². The molecule has 4 fully saturated rings. The Kier molecular flexibility index (Phi) is 12.0. The number of epoxide rings is 1. The summed E-state index contributed by atoms with van der Waals surface area (Å²) in [7, 11) is 3.94. The molecule has 366 valence electrons. The number of Topliss-reactive ketones (excluding diaryl/α,β-unsaturated/α-hetero) is 1. The van der Waals surface area contributed by atoms with Crippen LogP contribution in [0, 0.1) is 6.92 Å². The molecule has 0 radical (unpaired) electrons. The Morgan fingerprint density at radius 3 is 2.30 bits per heavy atom. The van der Waals surface area contributed by atoms with E-state index in [1.165, 1.54) is 32.4 Å². The molecule has 1 aliphatic carbocycles. The number of hydrogen-bond donors (Lipinski definition) is 1. The number of benzene rings is 3. The lowest BCUT2D eigenvalue weighted by Gasteiger charge is -2.48. The highest BCUT2D eigenvalue weighted by Gasteiger charge is 2.91. The van der Waals surface area contributed by atoms with E-state index < -0.39 is 103 Å². The van der Waals surface area contributed by atoms with E-state index in [1.807, 2.05) is 13.0 Å². The number of carbonyl (C=O) groups is 6. The van der Waals surface area contributed by atoms with Crippen LogP contribution in [0.2, 0.25) is 0 Å². The zero-order chi connectivity index (χ0) is 49.3. The molecule has 10 atom stereocenters. The number of nitrogens with zero attached hydrogens (tertiary/aromatic N) is 3. The Balaban J connectivity index is 0.934. The first kappa shape index (κ1) is 47.1. The Hall–Kier alpha value is -6.95. The van der Waals surface area contributed by atoms with Crippen LogP contribution in [0.3, 0.4) is 0 Å². The quantitative estimate of drug-likeness (QED) is 0.0619. The molecule has 5 aliphatic heterocycles. The Morgan fingerprint density at radius 1 is 0.942 bits per heavy atom. The second-order valence-corrected chi connectivity index (χ2v) is 16.9. The first-order chi connectivity index (χ1) is 33.0. The number of azide groups is 1. The minimum Gasteiger partial charge on any atom is -0.506 e. The van der Waals surface area contributed by atoms with Gasteiger partial charge in [-0.05, 0) is 54.6 Å². The highest BCUT2D eigenvalue weighted by atomic mass is 16.9. The fraction of sp³-hybridized carbons (Fsp3) is 0.511. The summed E-state index contributed by atoms with van der Waals surface area (Å²) in [5.74, 6) is -7.22. The maximum atomic E-state index is 13.3. The van der Waals surface area contributed by atoms with Gasteiger partial charge in [0.2, 0.25) is 23.8 Å². The lowest BCUT2D eigenvalue weighted by Crippen LogP contribution is -2.68. The highest BCUT2D eigenvalue weighted by Crippen LogP contribution is 2.71. The van der Waals surface area contributed by atoms with Crippen molar-refractivity contribution in [2.45, 2.75) is 114 Å². The largest absolute Gasteiger partial charge is 0.508 e. The third kappa shape index (κ3) is 7.45. The van der Waals surface area contributed by atoms with Crippen molar-refractivity contribution < 1.29 is 100 Å². The zero-order valence-corrected chi connectivity index (χ0v) is 38.0. The summed E-state index contributed by atoms with van der Waals surface area (Å²) in [6.07, 6.45) is -10.1. The van der Waals surface area contributed by atoms with Crippen molar-refractivity contribution in [1.82, 2.24) is 0 Å². The molecular weight excluding hydrogens is 918 g/mol. The number of ketones is 1. The second kappa shape index (κ2) is 17.5. The van der Waals surface area contributed by atoms with Crippen molar-refractivity contribution >= 4 is 52.3 Å². The third-order valence-electron chi connectivity index (χ3n) is 12.9. The number of rotatable bonds is 13. The smallest absolute Gasteiger partial charge is 0.506 e. The molecule has 24 heteroatoms. The molecule has 4 saturated heterocycles. The second-order valence-electron chi connectivity index (χ2n) is 16.9. The summed E-state index contributed by atoms with van der Waals surface area (Å²) in [6.45, 7) is 3.92. The topological polar surface area (TPSA) is 304 Å². The van der Waals surface area contributed by atoms with Gasteiger partial charge in [0.1, 0.15) is 35.7 Å². The average Bonchev–Trinajstić information content (AvgIpc) is 3.98. The van der Waals surface area contributed by atoms with Crippen LogP contribution < -0.4 is 14.2 Å². The number of phenols is 1. The van der Waals surface area contributed by atoms with E-state index in [9.17, 15) is 39.4 Å². The van der Waals surface area contributed by atoms with Crippen molar-refractivity contribution in [1.29, 1.82) is 0 Å². The van der Waals surface area contributed by atoms with Crippen molar-refractivity contribution in [2.75, 3.05) is 34.5 Å². The highest BCUT2D eigenvalue weighted by molar-refractivity contribution is 6.11. The Labute approximate surface area is 390 Å². The first-order valence-electron chi connectivity index (χ1n) is 21.5. The maximum absolute atomic E-state index is 13.3. The van der Waals surface area contributed by atoms with Gasteiger partial charge in [-0.15, -0.1) is 0 Å². The van der Waals surface area contributed by atoms with Crippen molar-refractivity contribution in [3.63, 3.8) is 0 Å². The van der Waals surface area contributed by atoms with E-state index in [2.05, 4.69) is 10.0 Å². The van der Waals surface area contributed by atoms with Crippen molar-refractivity contribution in [3.8, 4) is 23.0 Å². The minimum absolute atomic E-state index is 0.00457. The Bertz CT molecular complexity index is 2750. The molecule has 1 N–H and O–H groups in total. The summed E-state index contributed by atoms with van der Waals surface area (Å²) in [5, 5.41) is 16.2. The van der Waals surface area contributed by atoms with Crippen LogP contribution >= 0.6 is 0 Å². The molecule has 0 unspecified atom stereocenters. The van der Waals surface area contributed by atoms with Crippen LogP contribution in [0.4, 0.5) is 10.5 Å². The molecule has 9 rings (SSSR count). The molecule has 0 saturated carbocycles. The van der Waals surface area contributed by atoms with Crippen molar-refractivity contribution in [3.05, 3.63) is 62.5 Å². The minimum atomic E-state index is -1.77. The van der Waals surface area contributed by atoms with Crippen LogP contribution in [0.1, 0.15) is 72.3 Å². The summed E-state index contributed by atoms with van der Waals surface area (Å²) in [5.41, 5.74) is 10.0. The van der Waals surface area contributed by atoms with Gasteiger partial charge in [-0.1, -0.05) is 11.2 Å². The third-order valence-corrected chi connectivity index (χ3v) is 12.9. The number of aromatic hydroxyl groups is 1. The summed E-state index contributed by atoms with van der Waals surface area (Å²) >= 11 is 0. The molecule has 6 aliphatic rings. The van der Waals surface area contributed by atoms with E-state index in [0.717, 1.165) is 27.9 Å². The lowest BCUT2D eigenvalue weighted by atomic mass is 9.78. The first-order valence-corrected chi connectivity index (χ1v) is 21.5. The molecule has 69 heavy (non-hydrogen) atoms. The van der Waals surface area contributed by atoms with Gasteiger partial charge < -0.3 is 71.4 Å². The number of fused-ring (bicyclic) bond motifs is 8. The molecule has 3 aromatic rings. The van der Waals surface area contributed by atoms with Crippen LogP contribution in [0.5, 0.6) is 23.0 Å².